The lowest BCUT2D eigenvalue weighted by Gasteiger charge is -2.45. The Labute approximate surface area is 169 Å². The van der Waals surface area contributed by atoms with Crippen molar-refractivity contribution in [2.24, 2.45) is 5.92 Å². The SMILES string of the molecule is CC(=O)OC(C(CO)C(F)(F)C(F)(F)C(F)(F)C(F)(F)F)C(CO)[N+](C)(C)CC(=O)[O-]. The molecule has 16 heteroatoms. The smallest absolute Gasteiger partial charge is 0.460 e. The highest BCUT2D eigenvalue weighted by molar-refractivity contribution is 5.66. The van der Waals surface area contributed by atoms with E-state index in [0.717, 1.165) is 14.1 Å². The first-order chi connectivity index (χ1) is 13.6. The van der Waals surface area contributed by atoms with Gasteiger partial charge >= 0.3 is 29.9 Å². The second-order valence-corrected chi connectivity index (χ2v) is 7.19. The molecule has 0 aliphatic heterocycles. The normalized spacial score (nSPS) is 17.1. The largest absolute Gasteiger partial charge is 0.544 e. The zero-order chi connectivity index (χ0) is 25.2. The summed E-state index contributed by atoms with van der Waals surface area (Å²) in [6, 6.07) is -2.10. The molecule has 0 saturated heterocycles. The number of aliphatic hydroxyl groups is 2. The summed E-state index contributed by atoms with van der Waals surface area (Å²) >= 11 is 0. The maximum absolute atomic E-state index is 14.4. The van der Waals surface area contributed by atoms with E-state index in [2.05, 4.69) is 4.74 Å². The first-order valence-electron chi connectivity index (χ1n) is 8.23. The second-order valence-electron chi connectivity index (χ2n) is 7.19. The number of alkyl halides is 9. The molecule has 0 aromatic carbocycles. The Morgan fingerprint density at radius 2 is 1.39 bits per heavy atom. The van der Waals surface area contributed by atoms with Gasteiger partial charge in [-0.1, -0.05) is 0 Å². The minimum absolute atomic E-state index is 0.523. The Balaban J connectivity index is 6.67. The molecule has 0 rings (SSSR count). The third-order valence-corrected chi connectivity index (χ3v) is 4.53. The van der Waals surface area contributed by atoms with Crippen molar-refractivity contribution in [3.8, 4) is 0 Å². The van der Waals surface area contributed by atoms with E-state index in [-0.39, 0.29) is 0 Å². The van der Waals surface area contributed by atoms with Crippen molar-refractivity contribution in [2.45, 2.75) is 43.0 Å². The lowest BCUT2D eigenvalue weighted by molar-refractivity contribution is -0.914. The molecular formula is C15H20F9NO6. The van der Waals surface area contributed by atoms with Crippen LogP contribution in [0.1, 0.15) is 6.92 Å². The van der Waals surface area contributed by atoms with E-state index >= 15 is 0 Å². The Hall–Kier alpha value is -1.81. The number of hydrogen-bond donors (Lipinski definition) is 2. The summed E-state index contributed by atoms with van der Waals surface area (Å²) in [7, 11) is 1.78. The number of carbonyl (C=O) groups is 2. The molecular weight excluding hydrogens is 461 g/mol. The molecule has 7 nitrogen and oxygen atoms in total. The minimum Gasteiger partial charge on any atom is -0.544 e. The number of aliphatic hydroxyl groups excluding tert-OH is 2. The molecule has 0 spiro atoms. The van der Waals surface area contributed by atoms with Gasteiger partial charge in [-0.15, -0.1) is 0 Å². The van der Waals surface area contributed by atoms with Gasteiger partial charge in [-0.3, -0.25) is 4.79 Å². The highest BCUT2D eigenvalue weighted by Crippen LogP contribution is 2.56. The fraction of sp³-hybridized carbons (Fsp3) is 0.867. The fourth-order valence-electron chi connectivity index (χ4n) is 2.84. The van der Waals surface area contributed by atoms with Crippen LogP contribution in [0.3, 0.4) is 0 Å². The van der Waals surface area contributed by atoms with Gasteiger partial charge in [0.2, 0.25) is 0 Å². The van der Waals surface area contributed by atoms with Crippen LogP contribution in [0, 0.1) is 5.92 Å². The van der Waals surface area contributed by atoms with E-state index in [1.807, 2.05) is 0 Å². The molecule has 184 valence electrons. The van der Waals surface area contributed by atoms with Crippen LogP contribution < -0.4 is 5.11 Å². The van der Waals surface area contributed by atoms with Gasteiger partial charge in [-0.25, -0.2) is 0 Å². The van der Waals surface area contributed by atoms with Crippen LogP contribution in [0.15, 0.2) is 0 Å². The summed E-state index contributed by atoms with van der Waals surface area (Å²) in [6.45, 7) is -4.21. The highest BCUT2D eigenvalue weighted by atomic mass is 19.4. The van der Waals surface area contributed by atoms with Gasteiger partial charge in [0.05, 0.1) is 39.2 Å². The molecule has 0 radical (unpaired) electrons. The summed E-state index contributed by atoms with van der Waals surface area (Å²) in [5.74, 6) is -27.8. The van der Waals surface area contributed by atoms with Gasteiger partial charge in [-0.2, -0.15) is 39.5 Å². The monoisotopic (exact) mass is 481 g/mol. The van der Waals surface area contributed by atoms with E-state index < -0.39 is 78.2 Å². The fourth-order valence-corrected chi connectivity index (χ4v) is 2.84. The topological polar surface area (TPSA) is 107 Å². The third-order valence-electron chi connectivity index (χ3n) is 4.53. The lowest BCUT2D eigenvalue weighted by atomic mass is 9.84. The van der Waals surface area contributed by atoms with Crippen LogP contribution in [0.5, 0.6) is 0 Å². The molecule has 0 bridgehead atoms. The van der Waals surface area contributed by atoms with Crippen LogP contribution in [-0.2, 0) is 14.3 Å². The summed E-state index contributed by atoms with van der Waals surface area (Å²) < 4.78 is 123. The average molecular weight is 481 g/mol. The predicted molar refractivity (Wildman–Crippen MR) is 79.9 cm³/mol. The molecule has 0 amide bonds. The van der Waals surface area contributed by atoms with Crippen LogP contribution in [0.4, 0.5) is 39.5 Å². The maximum atomic E-state index is 14.4. The first-order valence-corrected chi connectivity index (χ1v) is 8.23. The zero-order valence-corrected chi connectivity index (χ0v) is 16.2. The second kappa shape index (κ2) is 9.36. The van der Waals surface area contributed by atoms with E-state index in [1.165, 1.54) is 0 Å². The predicted octanol–water partition coefficient (Wildman–Crippen LogP) is 0.182. The Morgan fingerprint density at radius 1 is 0.935 bits per heavy atom. The zero-order valence-electron chi connectivity index (χ0n) is 16.2. The molecule has 0 aliphatic carbocycles. The van der Waals surface area contributed by atoms with Crippen molar-refractivity contribution in [1.29, 1.82) is 0 Å². The molecule has 0 saturated carbocycles. The molecule has 3 unspecified atom stereocenters. The molecule has 31 heavy (non-hydrogen) atoms. The summed E-state index contributed by atoms with van der Waals surface area (Å²) in [6.07, 6.45) is -9.95. The number of carboxylic acids is 1. The molecule has 0 aromatic heterocycles. The Morgan fingerprint density at radius 3 is 1.68 bits per heavy atom. The first kappa shape index (κ1) is 29.2. The van der Waals surface area contributed by atoms with Gasteiger partial charge in [0.1, 0.15) is 6.54 Å². The van der Waals surface area contributed by atoms with Crippen molar-refractivity contribution in [2.75, 3.05) is 33.9 Å². The number of quaternary nitrogens is 1. The third kappa shape index (κ3) is 5.71. The molecule has 0 fully saturated rings. The average Bonchev–Trinajstić information content (AvgIpc) is 2.52. The van der Waals surface area contributed by atoms with Gasteiger partial charge in [-0.05, 0) is 0 Å². The van der Waals surface area contributed by atoms with Crippen LogP contribution >= 0.6 is 0 Å². The van der Waals surface area contributed by atoms with E-state index in [4.69, 9.17) is 0 Å². The lowest BCUT2D eigenvalue weighted by Crippen LogP contribution is -2.69. The summed E-state index contributed by atoms with van der Waals surface area (Å²) in [5, 5.41) is 29.6. The van der Waals surface area contributed by atoms with E-state index in [1.54, 1.807) is 0 Å². The van der Waals surface area contributed by atoms with Crippen LogP contribution in [0.25, 0.3) is 0 Å². The number of esters is 1. The minimum atomic E-state index is -7.28. The number of nitrogens with zero attached hydrogens (tertiary/aromatic N) is 1. The molecule has 2 N–H and O–H groups in total. The van der Waals surface area contributed by atoms with Crippen molar-refractivity contribution in [3.63, 3.8) is 0 Å². The van der Waals surface area contributed by atoms with Gasteiger partial charge < -0.3 is 29.3 Å². The summed E-state index contributed by atoms with van der Waals surface area (Å²) in [5.41, 5.74) is 0. The van der Waals surface area contributed by atoms with Crippen molar-refractivity contribution in [3.05, 3.63) is 0 Å². The van der Waals surface area contributed by atoms with Crippen molar-refractivity contribution < 1.29 is 73.6 Å². The van der Waals surface area contributed by atoms with Crippen LogP contribution in [0.2, 0.25) is 0 Å². The Bertz CT molecular complexity index is 653. The number of rotatable bonds is 11. The van der Waals surface area contributed by atoms with Crippen LogP contribution in [-0.4, -0.2) is 96.6 Å². The standard InChI is InChI=1S/C15H20F9NO6/c1-7(28)31-11(9(6-27)25(2,3)4-10(29)30)8(5-26)12(16,17)13(18,19)14(20,21)15(22,23)24/h8-9,11,26-27H,4-6H2,1-3H3. The highest BCUT2D eigenvalue weighted by Gasteiger charge is 2.83. The number of ether oxygens (including phenoxy) is 1. The number of likely N-dealkylation sites (N-methyl/N-ethyl adjacent to an activating group) is 1. The number of hydrogen-bond acceptors (Lipinski definition) is 6. The maximum Gasteiger partial charge on any atom is 0.460 e. The van der Waals surface area contributed by atoms with Gasteiger partial charge in [0.15, 0.2) is 12.1 Å². The number of halogens is 9. The van der Waals surface area contributed by atoms with Crippen molar-refractivity contribution >= 4 is 11.9 Å². The molecule has 0 aromatic rings. The number of carboxylic acid groups (broad SMARTS) is 1. The quantitative estimate of drug-likeness (QED) is 0.248. The molecule has 3 atom stereocenters. The molecule has 0 heterocycles. The van der Waals surface area contributed by atoms with E-state index in [0.29, 0.717) is 6.92 Å². The van der Waals surface area contributed by atoms with Gasteiger partial charge in [0.25, 0.3) is 0 Å². The number of aliphatic carboxylic acids is 1. The number of carbonyl (C=O) groups excluding carboxylic acids is 2. The Kier molecular flexibility index (Phi) is 8.81. The van der Waals surface area contributed by atoms with Gasteiger partial charge in [0, 0.05) is 6.92 Å². The van der Waals surface area contributed by atoms with E-state index in [9.17, 15) is 64.4 Å². The van der Waals surface area contributed by atoms with Crippen molar-refractivity contribution in [1.82, 2.24) is 0 Å². The molecule has 0 aliphatic rings. The summed E-state index contributed by atoms with van der Waals surface area (Å²) in [4.78, 5) is 22.2.